The molecule has 2 aromatic carbocycles. The molecule has 1 aliphatic heterocycles. The molecular weight excluding hydrogens is 413 g/mol. The van der Waals surface area contributed by atoms with Crippen LogP contribution in [0.2, 0.25) is 5.02 Å². The molecule has 7 nitrogen and oxygen atoms in total. The molecule has 3 rings (SSSR count). The van der Waals surface area contributed by atoms with Crippen LogP contribution in [0.15, 0.2) is 47.4 Å². The summed E-state index contributed by atoms with van der Waals surface area (Å²) in [5.41, 5.74) is 0.957. The molecule has 2 aromatic rings. The van der Waals surface area contributed by atoms with Crippen molar-refractivity contribution in [3.63, 3.8) is 0 Å². The summed E-state index contributed by atoms with van der Waals surface area (Å²) in [6.45, 7) is 2.77. The molecular formula is C17H19Cl2N3O4S. The molecule has 10 heteroatoms. The monoisotopic (exact) mass is 431 g/mol. The number of nitro benzene ring substituents is 1. The molecule has 1 atom stereocenters. The lowest BCUT2D eigenvalue weighted by molar-refractivity contribution is -0.387. The SMILES string of the molecule is Cc1ccc(S(=O)(=O)N2CCNCC2c2cccc(Cl)c2)c([N+](=O)[O-])c1.Cl. The number of sulfonamides is 1. The van der Waals surface area contributed by atoms with Crippen LogP contribution in [0, 0.1) is 17.0 Å². The van der Waals surface area contributed by atoms with Gasteiger partial charge in [-0.2, -0.15) is 4.31 Å². The van der Waals surface area contributed by atoms with Gasteiger partial charge in [-0.25, -0.2) is 8.42 Å². The molecule has 0 saturated carbocycles. The molecule has 0 radical (unpaired) electrons. The number of nitrogens with zero attached hydrogens (tertiary/aromatic N) is 2. The zero-order valence-corrected chi connectivity index (χ0v) is 16.9. The van der Waals surface area contributed by atoms with Gasteiger partial charge in [0, 0.05) is 30.7 Å². The second-order valence-corrected chi connectivity index (χ2v) is 8.41. The van der Waals surface area contributed by atoms with Crippen LogP contribution in [0.3, 0.4) is 0 Å². The molecule has 0 aliphatic carbocycles. The van der Waals surface area contributed by atoms with Crippen LogP contribution in [-0.2, 0) is 10.0 Å². The number of hydrogen-bond acceptors (Lipinski definition) is 5. The maximum Gasteiger partial charge on any atom is 0.289 e. The van der Waals surface area contributed by atoms with Crippen LogP contribution < -0.4 is 5.32 Å². The summed E-state index contributed by atoms with van der Waals surface area (Å²) in [6.07, 6.45) is 0. The number of rotatable bonds is 4. The van der Waals surface area contributed by atoms with Crippen molar-refractivity contribution in [1.29, 1.82) is 0 Å². The van der Waals surface area contributed by atoms with E-state index in [1.54, 1.807) is 37.3 Å². The van der Waals surface area contributed by atoms with Gasteiger partial charge in [-0.1, -0.05) is 29.8 Å². The Labute approximate surface area is 168 Å². The lowest BCUT2D eigenvalue weighted by Crippen LogP contribution is -2.48. The van der Waals surface area contributed by atoms with Gasteiger partial charge in [0.2, 0.25) is 0 Å². The average Bonchev–Trinajstić information content (AvgIpc) is 2.61. The highest BCUT2D eigenvalue weighted by atomic mass is 35.5. The maximum absolute atomic E-state index is 13.3. The van der Waals surface area contributed by atoms with Gasteiger partial charge >= 0.3 is 0 Å². The van der Waals surface area contributed by atoms with Gasteiger partial charge in [-0.15, -0.1) is 12.4 Å². The smallest absolute Gasteiger partial charge is 0.289 e. The van der Waals surface area contributed by atoms with E-state index in [9.17, 15) is 18.5 Å². The van der Waals surface area contributed by atoms with Gasteiger partial charge in [0.25, 0.3) is 15.7 Å². The minimum atomic E-state index is -4.06. The Morgan fingerprint density at radius 2 is 2.00 bits per heavy atom. The predicted molar refractivity (Wildman–Crippen MR) is 106 cm³/mol. The molecule has 27 heavy (non-hydrogen) atoms. The molecule has 146 valence electrons. The van der Waals surface area contributed by atoms with Crippen molar-refractivity contribution in [2.45, 2.75) is 17.9 Å². The van der Waals surface area contributed by atoms with Crippen molar-refractivity contribution < 1.29 is 13.3 Å². The van der Waals surface area contributed by atoms with Crippen LogP contribution in [-0.4, -0.2) is 37.3 Å². The third-order valence-corrected chi connectivity index (χ3v) is 6.52. The first-order valence-corrected chi connectivity index (χ1v) is 9.85. The van der Waals surface area contributed by atoms with E-state index < -0.39 is 26.7 Å². The number of aryl methyl sites for hydroxylation is 1. The van der Waals surface area contributed by atoms with E-state index in [0.29, 0.717) is 23.7 Å². The summed E-state index contributed by atoms with van der Waals surface area (Å²) < 4.78 is 27.8. The molecule has 0 bridgehead atoms. The second-order valence-electron chi connectivity index (χ2n) is 6.12. The van der Waals surface area contributed by atoms with Crippen LogP contribution in [0.4, 0.5) is 5.69 Å². The van der Waals surface area contributed by atoms with Crippen LogP contribution in [0.25, 0.3) is 0 Å². The molecule has 0 spiro atoms. The van der Waals surface area contributed by atoms with Crippen LogP contribution in [0.1, 0.15) is 17.2 Å². The number of halogens is 2. The van der Waals surface area contributed by atoms with E-state index >= 15 is 0 Å². The summed E-state index contributed by atoms with van der Waals surface area (Å²) in [7, 11) is -4.06. The Morgan fingerprint density at radius 3 is 2.67 bits per heavy atom. The zero-order valence-electron chi connectivity index (χ0n) is 14.5. The number of benzene rings is 2. The fourth-order valence-electron chi connectivity index (χ4n) is 3.09. The highest BCUT2D eigenvalue weighted by molar-refractivity contribution is 7.89. The number of piperazine rings is 1. The third-order valence-electron chi connectivity index (χ3n) is 4.33. The molecule has 1 fully saturated rings. The van der Waals surface area contributed by atoms with Gasteiger partial charge < -0.3 is 5.32 Å². The third kappa shape index (κ3) is 4.41. The fourth-order valence-corrected chi connectivity index (χ4v) is 5.04. The standard InChI is InChI=1S/C17H18ClN3O4S.ClH/c1-12-5-6-17(15(9-12)21(22)23)26(24,25)20-8-7-19-11-16(20)13-3-2-4-14(18)10-13;/h2-6,9-10,16,19H,7-8,11H2,1H3;1H. The van der Waals surface area contributed by atoms with E-state index in [-0.39, 0.29) is 23.8 Å². The summed E-state index contributed by atoms with van der Waals surface area (Å²) in [5.74, 6) is 0. The van der Waals surface area contributed by atoms with E-state index in [4.69, 9.17) is 11.6 Å². The van der Waals surface area contributed by atoms with Crippen molar-refractivity contribution in [2.75, 3.05) is 19.6 Å². The van der Waals surface area contributed by atoms with E-state index in [2.05, 4.69) is 5.32 Å². The van der Waals surface area contributed by atoms with Gasteiger partial charge in [0.1, 0.15) is 0 Å². The van der Waals surface area contributed by atoms with Crippen molar-refractivity contribution >= 4 is 39.7 Å². The van der Waals surface area contributed by atoms with Gasteiger partial charge in [0.15, 0.2) is 4.90 Å². The van der Waals surface area contributed by atoms with E-state index in [0.717, 1.165) is 5.56 Å². The van der Waals surface area contributed by atoms with Gasteiger partial charge in [0.05, 0.1) is 11.0 Å². The van der Waals surface area contributed by atoms with E-state index in [1.165, 1.54) is 16.4 Å². The fraction of sp³-hybridized carbons (Fsp3) is 0.294. The Hall–Kier alpha value is -1.71. The quantitative estimate of drug-likeness (QED) is 0.591. The van der Waals surface area contributed by atoms with Crippen LogP contribution in [0.5, 0.6) is 0 Å². The number of hydrogen-bond donors (Lipinski definition) is 1. The zero-order chi connectivity index (χ0) is 18.9. The normalized spacial score (nSPS) is 17.9. The largest absolute Gasteiger partial charge is 0.313 e. The first-order valence-electron chi connectivity index (χ1n) is 8.04. The minimum absolute atomic E-state index is 0. The Kier molecular flexibility index (Phi) is 6.82. The summed E-state index contributed by atoms with van der Waals surface area (Å²) in [5, 5.41) is 15.1. The molecule has 0 amide bonds. The topological polar surface area (TPSA) is 92.6 Å². The van der Waals surface area contributed by atoms with Crippen molar-refractivity contribution in [1.82, 2.24) is 9.62 Å². The Bertz CT molecular complexity index is 953. The molecule has 1 aliphatic rings. The Morgan fingerprint density at radius 1 is 1.26 bits per heavy atom. The molecule has 1 heterocycles. The molecule has 0 aromatic heterocycles. The summed E-state index contributed by atoms with van der Waals surface area (Å²) in [6, 6.07) is 10.6. The molecule has 1 N–H and O–H groups in total. The van der Waals surface area contributed by atoms with E-state index in [1.807, 2.05) is 0 Å². The first-order chi connectivity index (χ1) is 12.3. The number of nitrogens with one attached hydrogen (secondary N) is 1. The Balaban J connectivity index is 0.00000261. The second kappa shape index (κ2) is 8.53. The van der Waals surface area contributed by atoms with Crippen molar-refractivity contribution in [3.8, 4) is 0 Å². The molecule has 1 saturated heterocycles. The summed E-state index contributed by atoms with van der Waals surface area (Å²) in [4.78, 5) is 10.4. The lowest BCUT2D eigenvalue weighted by Gasteiger charge is -2.35. The number of nitro groups is 1. The summed E-state index contributed by atoms with van der Waals surface area (Å²) >= 11 is 6.05. The van der Waals surface area contributed by atoms with Crippen LogP contribution >= 0.6 is 24.0 Å². The predicted octanol–water partition coefficient (Wildman–Crippen LogP) is 3.31. The maximum atomic E-state index is 13.3. The van der Waals surface area contributed by atoms with Crippen molar-refractivity contribution in [3.05, 3.63) is 68.7 Å². The molecule has 1 unspecified atom stereocenters. The average molecular weight is 432 g/mol. The lowest BCUT2D eigenvalue weighted by atomic mass is 10.1. The first kappa shape index (κ1) is 21.6. The minimum Gasteiger partial charge on any atom is -0.313 e. The highest BCUT2D eigenvalue weighted by Crippen LogP contribution is 2.34. The van der Waals surface area contributed by atoms with Gasteiger partial charge in [-0.05, 0) is 36.2 Å². The van der Waals surface area contributed by atoms with Gasteiger partial charge in [-0.3, -0.25) is 10.1 Å². The highest BCUT2D eigenvalue weighted by Gasteiger charge is 2.38. The van der Waals surface area contributed by atoms with Crippen molar-refractivity contribution in [2.24, 2.45) is 0 Å².